The van der Waals surface area contributed by atoms with Crippen molar-refractivity contribution in [3.63, 3.8) is 0 Å². The molecule has 0 aliphatic heterocycles. The molecule has 1 heterocycles. The minimum atomic E-state index is 0. The van der Waals surface area contributed by atoms with Gasteiger partial charge in [0.1, 0.15) is 0 Å². The molecule has 0 amide bonds. The normalized spacial score (nSPS) is 11.1. The number of benzene rings is 1. The Kier molecular flexibility index (Phi) is 8.75. The van der Waals surface area contributed by atoms with Crippen LogP contribution in [0.4, 0.5) is 0 Å². The first-order valence-electron chi connectivity index (χ1n) is 7.71. The molecular formula is C17H25BrIN5. The van der Waals surface area contributed by atoms with E-state index in [1.165, 1.54) is 16.7 Å². The molecule has 1 N–H and O–H groups in total. The highest BCUT2D eigenvalue weighted by atomic mass is 127. The molecule has 0 bridgehead atoms. The predicted molar refractivity (Wildman–Crippen MR) is 114 cm³/mol. The second kappa shape index (κ2) is 10.0. The number of hydrogen-bond acceptors (Lipinski definition) is 2. The van der Waals surface area contributed by atoms with E-state index in [9.17, 15) is 0 Å². The van der Waals surface area contributed by atoms with Crippen LogP contribution in [0.3, 0.4) is 0 Å². The van der Waals surface area contributed by atoms with Crippen LogP contribution in [0.25, 0.3) is 0 Å². The average Bonchev–Trinajstić information content (AvgIpc) is 2.90. The van der Waals surface area contributed by atoms with Gasteiger partial charge in [-0.1, -0.05) is 22.0 Å². The van der Waals surface area contributed by atoms with Crippen molar-refractivity contribution in [1.82, 2.24) is 20.0 Å². The quantitative estimate of drug-likeness (QED) is 0.383. The largest absolute Gasteiger partial charge is 0.357 e. The minimum Gasteiger partial charge on any atom is -0.357 e. The highest BCUT2D eigenvalue weighted by molar-refractivity contribution is 14.0. The van der Waals surface area contributed by atoms with Crippen LogP contribution in [-0.4, -0.2) is 34.2 Å². The van der Waals surface area contributed by atoms with Crippen molar-refractivity contribution in [2.24, 2.45) is 12.0 Å². The molecule has 0 unspecified atom stereocenters. The number of aryl methyl sites for hydroxylation is 2. The SMILES string of the molecule is CCNC(=NCc1ccc(Br)cc1C)N(C)Cc1cnn(C)c1.I. The van der Waals surface area contributed by atoms with Gasteiger partial charge in [0.25, 0.3) is 0 Å². The topological polar surface area (TPSA) is 45.5 Å². The number of guanidine groups is 1. The summed E-state index contributed by atoms with van der Waals surface area (Å²) in [5, 5.41) is 7.56. The summed E-state index contributed by atoms with van der Waals surface area (Å²) in [4.78, 5) is 6.89. The van der Waals surface area contributed by atoms with Crippen LogP contribution in [-0.2, 0) is 20.1 Å². The van der Waals surface area contributed by atoms with Crippen molar-refractivity contribution in [1.29, 1.82) is 0 Å². The van der Waals surface area contributed by atoms with Gasteiger partial charge in [-0.15, -0.1) is 24.0 Å². The van der Waals surface area contributed by atoms with Crippen molar-refractivity contribution in [3.05, 3.63) is 51.8 Å². The molecule has 132 valence electrons. The van der Waals surface area contributed by atoms with Gasteiger partial charge in [0.15, 0.2) is 5.96 Å². The van der Waals surface area contributed by atoms with Gasteiger partial charge in [0.2, 0.25) is 0 Å². The van der Waals surface area contributed by atoms with Crippen molar-refractivity contribution in [2.75, 3.05) is 13.6 Å². The predicted octanol–water partition coefficient (Wildman–Crippen LogP) is 3.71. The Morgan fingerprint density at radius 1 is 1.42 bits per heavy atom. The third kappa shape index (κ3) is 6.08. The van der Waals surface area contributed by atoms with Gasteiger partial charge < -0.3 is 10.2 Å². The van der Waals surface area contributed by atoms with E-state index in [2.05, 4.69) is 63.3 Å². The summed E-state index contributed by atoms with van der Waals surface area (Å²) >= 11 is 3.50. The number of halogens is 2. The number of aliphatic imine (C=N–C) groups is 1. The van der Waals surface area contributed by atoms with E-state index >= 15 is 0 Å². The Hall–Kier alpha value is -1.09. The lowest BCUT2D eigenvalue weighted by molar-refractivity contribution is 0.476. The molecule has 1 aromatic heterocycles. The summed E-state index contributed by atoms with van der Waals surface area (Å²) in [6.45, 7) is 6.48. The zero-order chi connectivity index (χ0) is 16.8. The van der Waals surface area contributed by atoms with Gasteiger partial charge in [0.05, 0.1) is 12.7 Å². The third-order valence-corrected chi connectivity index (χ3v) is 4.07. The van der Waals surface area contributed by atoms with Gasteiger partial charge in [-0.05, 0) is 37.1 Å². The van der Waals surface area contributed by atoms with E-state index in [4.69, 9.17) is 4.99 Å². The van der Waals surface area contributed by atoms with Crippen molar-refractivity contribution in [2.45, 2.75) is 26.9 Å². The summed E-state index contributed by atoms with van der Waals surface area (Å²) in [6, 6.07) is 6.30. The lowest BCUT2D eigenvalue weighted by atomic mass is 10.1. The molecule has 24 heavy (non-hydrogen) atoms. The van der Waals surface area contributed by atoms with Crippen LogP contribution in [0.1, 0.15) is 23.6 Å². The first-order chi connectivity index (χ1) is 11.0. The van der Waals surface area contributed by atoms with Gasteiger partial charge in [-0.2, -0.15) is 5.10 Å². The Morgan fingerprint density at radius 2 is 2.17 bits per heavy atom. The number of nitrogens with zero attached hydrogens (tertiary/aromatic N) is 4. The molecular weight excluding hydrogens is 481 g/mol. The monoisotopic (exact) mass is 505 g/mol. The molecule has 0 aliphatic rings. The first-order valence-corrected chi connectivity index (χ1v) is 8.51. The van der Waals surface area contributed by atoms with Crippen LogP contribution in [0.2, 0.25) is 0 Å². The number of rotatable bonds is 5. The molecule has 2 rings (SSSR count). The molecule has 0 atom stereocenters. The van der Waals surface area contributed by atoms with Crippen LogP contribution in [0.5, 0.6) is 0 Å². The maximum Gasteiger partial charge on any atom is 0.194 e. The molecule has 0 fully saturated rings. The molecule has 0 saturated heterocycles. The summed E-state index contributed by atoms with van der Waals surface area (Å²) in [6.07, 6.45) is 3.91. The standard InChI is InChI=1S/C17H24BrN5.HI/c1-5-19-17(22(3)11-14-9-21-23(4)12-14)20-10-15-6-7-16(18)8-13(15)2;/h6-9,12H,5,10-11H2,1-4H3,(H,19,20);1H. The maximum absolute atomic E-state index is 4.77. The highest BCUT2D eigenvalue weighted by Crippen LogP contribution is 2.16. The fourth-order valence-corrected chi connectivity index (χ4v) is 2.84. The number of nitrogens with one attached hydrogen (secondary N) is 1. The molecule has 0 aliphatic carbocycles. The van der Waals surface area contributed by atoms with Crippen molar-refractivity contribution < 1.29 is 0 Å². The third-order valence-electron chi connectivity index (χ3n) is 3.58. The maximum atomic E-state index is 4.77. The average molecular weight is 506 g/mol. The Bertz CT molecular complexity index is 683. The molecule has 0 saturated carbocycles. The smallest absolute Gasteiger partial charge is 0.194 e. The fraction of sp³-hybridized carbons (Fsp3) is 0.412. The van der Waals surface area contributed by atoms with Gasteiger partial charge in [0, 0.05) is 43.4 Å². The number of hydrogen-bond donors (Lipinski definition) is 1. The molecule has 5 nitrogen and oxygen atoms in total. The van der Waals surface area contributed by atoms with Crippen molar-refractivity contribution >= 4 is 45.9 Å². The minimum absolute atomic E-state index is 0. The van der Waals surface area contributed by atoms with E-state index in [1.54, 1.807) is 0 Å². The second-order valence-corrected chi connectivity index (χ2v) is 6.53. The van der Waals surface area contributed by atoms with E-state index in [1.807, 2.05) is 31.2 Å². The van der Waals surface area contributed by atoms with Crippen molar-refractivity contribution in [3.8, 4) is 0 Å². The van der Waals surface area contributed by atoms with E-state index in [0.717, 1.165) is 23.5 Å². The molecule has 0 spiro atoms. The van der Waals surface area contributed by atoms with Gasteiger partial charge in [-0.3, -0.25) is 4.68 Å². The molecule has 0 radical (unpaired) electrons. The van der Waals surface area contributed by atoms with Crippen LogP contribution in [0.15, 0.2) is 40.1 Å². The molecule has 7 heteroatoms. The number of aromatic nitrogens is 2. The van der Waals surface area contributed by atoms with E-state index in [0.29, 0.717) is 6.54 Å². The summed E-state index contributed by atoms with van der Waals surface area (Å²) in [5.41, 5.74) is 3.65. The Morgan fingerprint density at radius 3 is 2.75 bits per heavy atom. The molecule has 2 aromatic rings. The zero-order valence-electron chi connectivity index (χ0n) is 14.6. The zero-order valence-corrected chi connectivity index (χ0v) is 18.5. The highest BCUT2D eigenvalue weighted by Gasteiger charge is 2.08. The van der Waals surface area contributed by atoms with Crippen LogP contribution in [0, 0.1) is 6.92 Å². The fourth-order valence-electron chi connectivity index (χ4n) is 2.37. The summed E-state index contributed by atoms with van der Waals surface area (Å²) in [7, 11) is 3.97. The van der Waals surface area contributed by atoms with E-state index < -0.39 is 0 Å². The lowest BCUT2D eigenvalue weighted by Crippen LogP contribution is -2.38. The van der Waals surface area contributed by atoms with Gasteiger partial charge in [-0.25, -0.2) is 4.99 Å². The molecule has 1 aromatic carbocycles. The Balaban J connectivity index is 0.00000288. The van der Waals surface area contributed by atoms with E-state index in [-0.39, 0.29) is 24.0 Å². The Labute approximate surface area is 169 Å². The summed E-state index contributed by atoms with van der Waals surface area (Å²) < 4.78 is 2.92. The summed E-state index contributed by atoms with van der Waals surface area (Å²) in [5.74, 6) is 0.902. The lowest BCUT2D eigenvalue weighted by Gasteiger charge is -2.21. The first kappa shape index (κ1) is 21.0. The van der Waals surface area contributed by atoms with Gasteiger partial charge >= 0.3 is 0 Å². The van der Waals surface area contributed by atoms with Crippen LogP contribution >= 0.6 is 39.9 Å². The second-order valence-electron chi connectivity index (χ2n) is 5.62. The van der Waals surface area contributed by atoms with Crippen LogP contribution < -0.4 is 5.32 Å².